The van der Waals surface area contributed by atoms with Gasteiger partial charge in [0.15, 0.2) is 0 Å². The van der Waals surface area contributed by atoms with E-state index in [1.807, 2.05) is 0 Å². The fraction of sp³-hybridized carbons (Fsp3) is 0.0909. The molecule has 0 spiro atoms. The molecule has 16 heavy (non-hydrogen) atoms. The lowest BCUT2D eigenvalue weighted by Gasteiger charge is -2.12. The number of hydrogen-bond acceptors (Lipinski definition) is 2. The second kappa shape index (κ2) is 4.69. The van der Waals surface area contributed by atoms with E-state index in [9.17, 15) is 9.50 Å². The van der Waals surface area contributed by atoms with Crippen LogP contribution in [0.3, 0.4) is 0 Å². The summed E-state index contributed by atoms with van der Waals surface area (Å²) < 4.78 is 19.8. The van der Waals surface area contributed by atoms with E-state index in [2.05, 4.69) is 31.9 Å². The van der Waals surface area contributed by atoms with Crippen LogP contribution < -0.4 is 0 Å². The molecule has 0 aliphatic heterocycles. The average molecular weight is 350 g/mol. The molecule has 1 N–H and O–H groups in total. The Labute approximate surface area is 108 Å². The van der Waals surface area contributed by atoms with Crippen LogP contribution in [0.1, 0.15) is 17.4 Å². The lowest BCUT2D eigenvalue weighted by Crippen LogP contribution is -2.03. The van der Waals surface area contributed by atoms with Crippen molar-refractivity contribution in [1.82, 2.24) is 0 Å². The number of hydrogen-bond donors (Lipinski definition) is 1. The summed E-state index contributed by atoms with van der Waals surface area (Å²) in [6, 6.07) is 6.09. The molecule has 84 valence electrons. The van der Waals surface area contributed by atoms with Crippen molar-refractivity contribution in [3.63, 3.8) is 0 Å². The van der Waals surface area contributed by atoms with Gasteiger partial charge in [-0.1, -0.05) is 0 Å². The molecule has 0 fully saturated rings. The number of halogens is 3. The molecular weight excluding hydrogens is 343 g/mol. The minimum absolute atomic E-state index is 0.157. The average Bonchev–Trinajstić information content (AvgIpc) is 2.77. The zero-order valence-electron chi connectivity index (χ0n) is 7.95. The molecule has 0 radical (unpaired) electrons. The molecule has 0 aliphatic rings. The van der Waals surface area contributed by atoms with Gasteiger partial charge in [0, 0.05) is 14.5 Å². The molecule has 0 aliphatic carbocycles. The molecule has 0 saturated heterocycles. The Hall–Kier alpha value is -0.650. The van der Waals surface area contributed by atoms with Crippen LogP contribution in [0, 0.1) is 5.82 Å². The highest BCUT2D eigenvalue weighted by molar-refractivity contribution is 9.13. The second-order valence-electron chi connectivity index (χ2n) is 3.17. The fourth-order valence-corrected chi connectivity index (χ4v) is 2.27. The number of benzene rings is 1. The van der Waals surface area contributed by atoms with Crippen molar-refractivity contribution in [2.75, 3.05) is 0 Å². The van der Waals surface area contributed by atoms with Gasteiger partial charge in [0.2, 0.25) is 0 Å². The van der Waals surface area contributed by atoms with E-state index >= 15 is 0 Å². The Kier molecular flexibility index (Phi) is 3.47. The van der Waals surface area contributed by atoms with E-state index in [1.165, 1.54) is 12.3 Å². The molecule has 1 aromatic carbocycles. The van der Waals surface area contributed by atoms with Gasteiger partial charge in [-0.2, -0.15) is 0 Å². The van der Waals surface area contributed by atoms with Crippen molar-refractivity contribution in [3.05, 3.63) is 56.6 Å². The first-order valence-electron chi connectivity index (χ1n) is 4.46. The first kappa shape index (κ1) is 11.8. The summed E-state index contributed by atoms with van der Waals surface area (Å²) in [6.45, 7) is 0. The third kappa shape index (κ3) is 2.07. The minimum Gasteiger partial charge on any atom is -0.466 e. The first-order valence-corrected chi connectivity index (χ1v) is 6.04. The largest absolute Gasteiger partial charge is 0.466 e. The van der Waals surface area contributed by atoms with Crippen LogP contribution in [0.5, 0.6) is 0 Å². The topological polar surface area (TPSA) is 33.4 Å². The Morgan fingerprint density at radius 3 is 2.62 bits per heavy atom. The summed E-state index contributed by atoms with van der Waals surface area (Å²) >= 11 is 6.49. The Balaban J connectivity index is 2.52. The van der Waals surface area contributed by atoms with Crippen molar-refractivity contribution in [2.24, 2.45) is 0 Å². The van der Waals surface area contributed by atoms with Crippen molar-refractivity contribution >= 4 is 31.9 Å². The number of aliphatic hydroxyl groups is 1. The third-order valence-corrected chi connectivity index (χ3v) is 4.21. The van der Waals surface area contributed by atoms with Gasteiger partial charge in [-0.15, -0.1) is 0 Å². The van der Waals surface area contributed by atoms with Crippen LogP contribution in [0.15, 0.2) is 43.9 Å². The quantitative estimate of drug-likeness (QED) is 0.830. The third-order valence-electron chi connectivity index (χ3n) is 2.17. The molecule has 2 rings (SSSR count). The maximum absolute atomic E-state index is 13.6. The molecule has 2 aromatic rings. The molecule has 1 heterocycles. The fourth-order valence-electron chi connectivity index (χ4n) is 1.38. The van der Waals surface area contributed by atoms with Crippen molar-refractivity contribution in [2.45, 2.75) is 6.10 Å². The molecule has 1 atom stereocenters. The Bertz CT molecular complexity index is 497. The standard InChI is InChI=1S/C11H7Br2FO2/c12-6-3-4-7(14)9(10(6)13)11(15)8-2-1-5-16-8/h1-5,11,15H. The van der Waals surface area contributed by atoms with Gasteiger partial charge in [-0.3, -0.25) is 0 Å². The van der Waals surface area contributed by atoms with Gasteiger partial charge >= 0.3 is 0 Å². The predicted molar refractivity (Wildman–Crippen MR) is 64.6 cm³/mol. The van der Waals surface area contributed by atoms with Crippen LogP contribution in [0.4, 0.5) is 4.39 Å². The molecule has 1 unspecified atom stereocenters. The second-order valence-corrected chi connectivity index (χ2v) is 4.82. The lowest BCUT2D eigenvalue weighted by molar-refractivity contribution is 0.184. The van der Waals surface area contributed by atoms with Gasteiger partial charge in [0.1, 0.15) is 17.7 Å². The van der Waals surface area contributed by atoms with Crippen LogP contribution in [0.2, 0.25) is 0 Å². The molecular formula is C11H7Br2FO2. The summed E-state index contributed by atoms with van der Waals surface area (Å²) in [5.41, 5.74) is 0.157. The smallest absolute Gasteiger partial charge is 0.141 e. The van der Waals surface area contributed by atoms with Crippen molar-refractivity contribution < 1.29 is 13.9 Å². The summed E-state index contributed by atoms with van der Waals surface area (Å²) in [5.74, 6) is -0.184. The molecule has 0 bridgehead atoms. The molecule has 0 amide bonds. The van der Waals surface area contributed by atoms with E-state index in [4.69, 9.17) is 4.42 Å². The van der Waals surface area contributed by atoms with Gasteiger partial charge < -0.3 is 9.52 Å². The molecule has 5 heteroatoms. The van der Waals surface area contributed by atoms with Gasteiger partial charge in [0.05, 0.1) is 6.26 Å². The highest BCUT2D eigenvalue weighted by atomic mass is 79.9. The van der Waals surface area contributed by atoms with Gasteiger partial charge in [0.25, 0.3) is 0 Å². The SMILES string of the molecule is OC(c1ccco1)c1c(F)ccc(Br)c1Br. The maximum Gasteiger partial charge on any atom is 0.141 e. The summed E-state index contributed by atoms with van der Waals surface area (Å²) in [7, 11) is 0. The zero-order valence-corrected chi connectivity index (χ0v) is 11.1. The van der Waals surface area contributed by atoms with E-state index in [1.54, 1.807) is 18.2 Å². The highest BCUT2D eigenvalue weighted by Gasteiger charge is 2.21. The Morgan fingerprint density at radius 2 is 2.00 bits per heavy atom. The number of aliphatic hydroxyl groups excluding tert-OH is 1. The number of furan rings is 1. The van der Waals surface area contributed by atoms with Crippen LogP contribution >= 0.6 is 31.9 Å². The lowest BCUT2D eigenvalue weighted by atomic mass is 10.1. The molecule has 2 nitrogen and oxygen atoms in total. The monoisotopic (exact) mass is 348 g/mol. The van der Waals surface area contributed by atoms with Crippen LogP contribution in [0.25, 0.3) is 0 Å². The first-order chi connectivity index (χ1) is 7.61. The summed E-state index contributed by atoms with van der Waals surface area (Å²) in [6.07, 6.45) is 0.310. The van der Waals surface area contributed by atoms with E-state index in [-0.39, 0.29) is 5.56 Å². The van der Waals surface area contributed by atoms with E-state index in [0.717, 1.165) is 0 Å². The van der Waals surface area contributed by atoms with Crippen molar-refractivity contribution in [3.8, 4) is 0 Å². The van der Waals surface area contributed by atoms with Crippen LogP contribution in [-0.4, -0.2) is 5.11 Å². The molecule has 1 aromatic heterocycles. The normalized spacial score (nSPS) is 12.8. The predicted octanol–water partition coefficient (Wildman–Crippen LogP) is 4.03. The maximum atomic E-state index is 13.6. The number of rotatable bonds is 2. The van der Waals surface area contributed by atoms with Crippen LogP contribution in [-0.2, 0) is 0 Å². The van der Waals surface area contributed by atoms with Crippen molar-refractivity contribution in [1.29, 1.82) is 0 Å². The molecule has 0 saturated carbocycles. The van der Waals surface area contributed by atoms with E-state index in [0.29, 0.717) is 14.7 Å². The van der Waals surface area contributed by atoms with E-state index < -0.39 is 11.9 Å². The van der Waals surface area contributed by atoms with Gasteiger partial charge in [-0.25, -0.2) is 4.39 Å². The van der Waals surface area contributed by atoms with Gasteiger partial charge in [-0.05, 0) is 56.1 Å². The summed E-state index contributed by atoms with van der Waals surface area (Å²) in [5, 5.41) is 9.98. The highest BCUT2D eigenvalue weighted by Crippen LogP contribution is 2.35. The Morgan fingerprint density at radius 1 is 1.25 bits per heavy atom. The minimum atomic E-state index is -1.12. The summed E-state index contributed by atoms with van der Waals surface area (Å²) in [4.78, 5) is 0. The zero-order chi connectivity index (χ0) is 11.7.